The first-order valence-electron chi connectivity index (χ1n) is 3.06. The van der Waals surface area contributed by atoms with Crippen molar-refractivity contribution in [3.05, 3.63) is 0 Å². The maximum absolute atomic E-state index is 12.3. The summed E-state index contributed by atoms with van der Waals surface area (Å²) < 4.78 is 61.6. The van der Waals surface area contributed by atoms with Crippen LogP contribution in [0.5, 0.6) is 0 Å². The number of hydrogen-bond donors (Lipinski definition) is 0. The molecule has 0 aliphatic rings. The van der Waals surface area contributed by atoms with Gasteiger partial charge in [-0.05, 0) is 10.9 Å². The third kappa shape index (κ3) is 2.56. The second-order valence-corrected chi connectivity index (χ2v) is 1.96. The van der Waals surface area contributed by atoms with Gasteiger partial charge in [0.2, 0.25) is 0 Å². The molecule has 1 unspecified atom stereocenters. The van der Waals surface area contributed by atoms with E-state index in [-0.39, 0.29) is 6.42 Å². The number of rotatable bonds is 4. The highest BCUT2D eigenvalue weighted by molar-refractivity contribution is 4.64. The van der Waals surface area contributed by atoms with Gasteiger partial charge >= 0.3 is 12.2 Å². The first kappa shape index (κ1) is 11.6. The van der Waals surface area contributed by atoms with Crippen LogP contribution < -0.4 is 0 Å². The highest BCUT2D eigenvalue weighted by atomic mass is 19.4. The minimum absolute atomic E-state index is 0.116. The Morgan fingerprint density at radius 3 is 1.92 bits per heavy atom. The number of ether oxygens (including phenoxy) is 1. The van der Waals surface area contributed by atoms with E-state index in [1.54, 1.807) is 0 Å². The minimum atomic E-state index is -5.53. The van der Waals surface area contributed by atoms with Gasteiger partial charge in [-0.15, -0.1) is 4.94 Å². The van der Waals surface area contributed by atoms with Gasteiger partial charge < -0.3 is 4.74 Å². The van der Waals surface area contributed by atoms with Crippen LogP contribution in [-0.2, 0) is 9.68 Å². The Hall–Kier alpha value is -0.430. The lowest BCUT2D eigenvalue weighted by atomic mass is 10.5. The molecule has 0 rings (SSSR count). The van der Waals surface area contributed by atoms with Crippen molar-refractivity contribution in [3.8, 4) is 0 Å². The lowest BCUT2D eigenvalue weighted by molar-refractivity contribution is -0.493. The van der Waals surface area contributed by atoms with E-state index in [2.05, 4.69) is 9.68 Å². The summed E-state index contributed by atoms with van der Waals surface area (Å²) >= 11 is 0. The first-order valence-corrected chi connectivity index (χ1v) is 3.06. The Bertz CT molecular complexity index is 136. The van der Waals surface area contributed by atoms with E-state index < -0.39 is 18.8 Å². The van der Waals surface area contributed by atoms with E-state index in [9.17, 15) is 22.1 Å². The predicted octanol–water partition coefficient (Wildman–Crippen LogP) is 2.50. The Kier molecular flexibility index (Phi) is 3.85. The molecule has 0 amide bonds. The van der Waals surface area contributed by atoms with Crippen molar-refractivity contribution in [1.29, 1.82) is 0 Å². The van der Waals surface area contributed by atoms with Crippen LogP contribution in [0.25, 0.3) is 0 Å². The summed E-state index contributed by atoms with van der Waals surface area (Å²) in [6.07, 6.45) is -5.41. The van der Waals surface area contributed by atoms with Crippen LogP contribution in [0, 0.1) is 0 Å². The maximum atomic E-state index is 12.3. The fourth-order valence-electron chi connectivity index (χ4n) is 0.381. The van der Waals surface area contributed by atoms with Crippen molar-refractivity contribution in [2.24, 2.45) is 0 Å². The second kappa shape index (κ2) is 3.99. The van der Waals surface area contributed by atoms with Gasteiger partial charge in [-0.1, -0.05) is 6.92 Å². The highest BCUT2D eigenvalue weighted by Gasteiger charge is 2.61. The monoisotopic (exact) mass is 194 g/mol. The van der Waals surface area contributed by atoms with Crippen LogP contribution in [-0.4, -0.2) is 18.8 Å². The molecule has 0 aromatic heterocycles. The topological polar surface area (TPSA) is 18.5 Å². The molecule has 0 aromatic rings. The zero-order chi connectivity index (χ0) is 9.83. The van der Waals surface area contributed by atoms with Crippen molar-refractivity contribution in [3.63, 3.8) is 0 Å². The summed E-state index contributed by atoms with van der Waals surface area (Å²) in [6, 6.07) is -4.64. The van der Waals surface area contributed by atoms with Gasteiger partial charge in [-0.25, -0.2) is 0 Å². The van der Waals surface area contributed by atoms with E-state index in [4.69, 9.17) is 0 Å². The average Bonchev–Trinajstić information content (AvgIpc) is 1.98. The van der Waals surface area contributed by atoms with Crippen LogP contribution in [0.1, 0.15) is 13.3 Å². The van der Waals surface area contributed by atoms with Gasteiger partial charge in [0.05, 0.1) is 6.61 Å². The smallest absolute Gasteiger partial charge is 0.315 e. The van der Waals surface area contributed by atoms with E-state index in [0.717, 1.165) is 0 Å². The zero-order valence-electron chi connectivity index (χ0n) is 6.12. The Morgan fingerprint density at radius 1 is 1.17 bits per heavy atom. The molecule has 2 nitrogen and oxygen atoms in total. The van der Waals surface area contributed by atoms with Gasteiger partial charge in [0, 0.05) is 0 Å². The van der Waals surface area contributed by atoms with Crippen LogP contribution in [0.3, 0.4) is 0 Å². The van der Waals surface area contributed by atoms with Crippen LogP contribution in [0.2, 0.25) is 0 Å². The Morgan fingerprint density at radius 2 is 1.67 bits per heavy atom. The van der Waals surface area contributed by atoms with Gasteiger partial charge in [-0.3, -0.25) is 0 Å². The van der Waals surface area contributed by atoms with E-state index >= 15 is 0 Å². The summed E-state index contributed by atoms with van der Waals surface area (Å²) in [5.74, 6) is 0. The number of hydrogen-bond acceptors (Lipinski definition) is 2. The molecule has 74 valence electrons. The molecule has 0 aliphatic heterocycles. The van der Waals surface area contributed by atoms with Crippen molar-refractivity contribution in [2.75, 3.05) is 6.61 Å². The second-order valence-electron chi connectivity index (χ2n) is 1.96. The minimum Gasteiger partial charge on any atom is -0.315 e. The highest BCUT2D eigenvalue weighted by Crippen LogP contribution is 2.36. The average molecular weight is 194 g/mol. The molecule has 1 atom stereocenters. The fraction of sp³-hybridized carbons (Fsp3) is 1.00. The lowest BCUT2D eigenvalue weighted by Gasteiger charge is -2.22. The van der Waals surface area contributed by atoms with Gasteiger partial charge in [0.15, 0.2) is 0 Å². The summed E-state index contributed by atoms with van der Waals surface area (Å²) in [5.41, 5.74) is 0. The van der Waals surface area contributed by atoms with Crippen LogP contribution in [0.15, 0.2) is 0 Å². The Labute approximate surface area is 65.2 Å². The first-order chi connectivity index (χ1) is 5.37. The van der Waals surface area contributed by atoms with Crippen molar-refractivity contribution in [2.45, 2.75) is 25.6 Å². The molecular formula is C5H7F5O2. The fourth-order valence-corrected chi connectivity index (χ4v) is 0.381. The molecule has 0 radical (unpaired) electrons. The maximum Gasteiger partial charge on any atom is 0.480 e. The zero-order valence-corrected chi connectivity index (χ0v) is 6.12. The van der Waals surface area contributed by atoms with Crippen LogP contribution in [0.4, 0.5) is 22.1 Å². The molecule has 0 aromatic carbocycles. The summed E-state index contributed by atoms with van der Waals surface area (Å²) in [7, 11) is 0. The normalized spacial score (nSPS) is 17.5. The molecule has 7 heteroatoms. The molecule has 0 saturated heterocycles. The molecule has 12 heavy (non-hydrogen) atoms. The molecule has 0 fully saturated rings. The number of alkyl halides is 4. The number of halogens is 5. The molecule has 0 heterocycles. The molecule has 0 bridgehead atoms. The molecule has 0 saturated carbocycles. The third-order valence-corrected chi connectivity index (χ3v) is 0.930. The van der Waals surface area contributed by atoms with Gasteiger partial charge in [0.25, 0.3) is 0 Å². The molecule has 0 N–H and O–H groups in total. The summed E-state index contributed by atoms with van der Waals surface area (Å²) in [5, 5.41) is 0. The van der Waals surface area contributed by atoms with E-state index in [1.807, 2.05) is 0 Å². The van der Waals surface area contributed by atoms with E-state index in [1.165, 1.54) is 6.92 Å². The molecule has 0 spiro atoms. The summed E-state index contributed by atoms with van der Waals surface area (Å²) in [6.45, 7) is 0.856. The van der Waals surface area contributed by atoms with Crippen molar-refractivity contribution in [1.82, 2.24) is 0 Å². The van der Waals surface area contributed by atoms with Crippen molar-refractivity contribution < 1.29 is 31.8 Å². The van der Waals surface area contributed by atoms with Crippen molar-refractivity contribution >= 4 is 0 Å². The van der Waals surface area contributed by atoms with Crippen LogP contribution >= 0.6 is 0 Å². The SMILES string of the molecule is CCCOC(F)(OF)C(F)(F)F. The molecule has 0 aliphatic carbocycles. The van der Waals surface area contributed by atoms with E-state index in [0.29, 0.717) is 0 Å². The van der Waals surface area contributed by atoms with Gasteiger partial charge in [-0.2, -0.15) is 17.6 Å². The Balaban J connectivity index is 4.24. The quantitative estimate of drug-likeness (QED) is 0.505. The largest absolute Gasteiger partial charge is 0.480 e. The third-order valence-electron chi connectivity index (χ3n) is 0.930. The summed E-state index contributed by atoms with van der Waals surface area (Å²) in [4.78, 5) is 2.09. The predicted molar refractivity (Wildman–Crippen MR) is 28.3 cm³/mol. The van der Waals surface area contributed by atoms with Gasteiger partial charge in [0.1, 0.15) is 0 Å². The standard InChI is InChI=1S/C5H7F5O2/c1-2-3-11-5(9,12-10)4(6,7)8/h2-3H2,1H3. The lowest BCUT2D eigenvalue weighted by Crippen LogP contribution is -2.44. The molecular weight excluding hydrogens is 187 g/mol.